The van der Waals surface area contributed by atoms with Crippen LogP contribution in [0.2, 0.25) is 19.6 Å². The standard InChI is InChI=1S/C12H24OSi/c1-7-8-9-10-11(12(2,3)13)14(4,5)6/h9,13H,7-8H2,1-6H3. The van der Waals surface area contributed by atoms with Crippen molar-refractivity contribution in [3.05, 3.63) is 17.0 Å². The molecule has 0 unspecified atom stereocenters. The lowest BCUT2D eigenvalue weighted by molar-refractivity contribution is 0.127. The Balaban J connectivity index is 5.04. The van der Waals surface area contributed by atoms with E-state index in [9.17, 15) is 5.11 Å². The first-order valence-corrected chi connectivity index (χ1v) is 8.88. The molecule has 0 bridgehead atoms. The van der Waals surface area contributed by atoms with Crippen molar-refractivity contribution in [2.45, 2.75) is 58.9 Å². The third kappa shape index (κ3) is 4.80. The highest BCUT2D eigenvalue weighted by Crippen LogP contribution is 2.25. The Morgan fingerprint density at radius 2 is 1.86 bits per heavy atom. The molecule has 0 aliphatic carbocycles. The predicted molar refractivity (Wildman–Crippen MR) is 66.1 cm³/mol. The van der Waals surface area contributed by atoms with Crippen molar-refractivity contribution in [1.29, 1.82) is 0 Å². The Labute approximate surface area is 89.5 Å². The lowest BCUT2D eigenvalue weighted by Gasteiger charge is -2.29. The molecule has 0 saturated carbocycles. The van der Waals surface area contributed by atoms with Crippen molar-refractivity contribution >= 4 is 8.07 Å². The smallest absolute Gasteiger partial charge is 0.0861 e. The highest BCUT2D eigenvalue weighted by atomic mass is 28.3. The van der Waals surface area contributed by atoms with Crippen LogP contribution in [0.25, 0.3) is 0 Å². The molecule has 0 aromatic carbocycles. The summed E-state index contributed by atoms with van der Waals surface area (Å²) in [5.41, 5.74) is 2.59. The second-order valence-corrected chi connectivity index (χ2v) is 10.3. The van der Waals surface area contributed by atoms with Gasteiger partial charge in [0.1, 0.15) is 0 Å². The lowest BCUT2D eigenvalue weighted by Crippen LogP contribution is -2.37. The van der Waals surface area contributed by atoms with Gasteiger partial charge in [-0.05, 0) is 31.5 Å². The van der Waals surface area contributed by atoms with Gasteiger partial charge < -0.3 is 5.11 Å². The molecular weight excluding hydrogens is 188 g/mol. The minimum atomic E-state index is -1.45. The van der Waals surface area contributed by atoms with Gasteiger partial charge in [0.05, 0.1) is 13.7 Å². The SMILES string of the molecule is CCCC=C=C(C(C)(C)O)[Si](C)(C)C. The molecule has 82 valence electrons. The molecule has 0 rings (SSSR count). The van der Waals surface area contributed by atoms with Crippen molar-refractivity contribution in [2.24, 2.45) is 0 Å². The maximum Gasteiger partial charge on any atom is 0.0861 e. The summed E-state index contributed by atoms with van der Waals surface area (Å²) in [5, 5.41) is 11.1. The second kappa shape index (κ2) is 4.97. The molecule has 0 saturated heterocycles. The molecule has 0 aromatic heterocycles. The van der Waals surface area contributed by atoms with E-state index in [0.29, 0.717) is 0 Å². The third-order valence-corrected chi connectivity index (χ3v) is 4.30. The third-order valence-electron chi connectivity index (χ3n) is 2.04. The van der Waals surface area contributed by atoms with Crippen LogP contribution in [0.4, 0.5) is 0 Å². The minimum Gasteiger partial charge on any atom is -0.386 e. The fourth-order valence-corrected chi connectivity index (χ4v) is 4.00. The predicted octanol–water partition coefficient (Wildman–Crippen LogP) is 3.52. The van der Waals surface area contributed by atoms with Crippen molar-refractivity contribution in [1.82, 2.24) is 0 Å². The summed E-state index contributed by atoms with van der Waals surface area (Å²) in [6.07, 6.45) is 4.24. The van der Waals surface area contributed by atoms with Gasteiger partial charge in [0, 0.05) is 0 Å². The zero-order chi connectivity index (χ0) is 11.4. The number of rotatable bonds is 4. The molecule has 0 aliphatic rings. The van der Waals surface area contributed by atoms with Gasteiger partial charge in [-0.1, -0.05) is 33.0 Å². The van der Waals surface area contributed by atoms with Crippen LogP contribution in [0.15, 0.2) is 17.0 Å². The quantitative estimate of drug-likeness (QED) is 0.558. The second-order valence-electron chi connectivity index (χ2n) is 5.32. The van der Waals surface area contributed by atoms with Gasteiger partial charge >= 0.3 is 0 Å². The molecule has 2 heteroatoms. The number of aliphatic hydroxyl groups is 1. The highest BCUT2D eigenvalue weighted by molar-refractivity contribution is 6.83. The van der Waals surface area contributed by atoms with Gasteiger partial charge in [-0.3, -0.25) is 0 Å². The van der Waals surface area contributed by atoms with Crippen molar-refractivity contribution in [3.8, 4) is 0 Å². The van der Waals surface area contributed by atoms with Crippen LogP contribution in [0.1, 0.15) is 33.6 Å². The first kappa shape index (κ1) is 13.7. The largest absolute Gasteiger partial charge is 0.386 e. The monoisotopic (exact) mass is 212 g/mol. The van der Waals surface area contributed by atoms with Gasteiger partial charge in [-0.25, -0.2) is 0 Å². The molecule has 0 fully saturated rings. The number of hydrogen-bond donors (Lipinski definition) is 1. The van der Waals surface area contributed by atoms with E-state index in [2.05, 4.69) is 38.4 Å². The number of unbranched alkanes of at least 4 members (excludes halogenated alkanes) is 1. The summed E-state index contributed by atoms with van der Waals surface area (Å²) in [7, 11) is -1.45. The summed E-state index contributed by atoms with van der Waals surface area (Å²) >= 11 is 0. The maximum atomic E-state index is 10.0. The molecule has 0 aliphatic heterocycles. The molecule has 0 aromatic rings. The van der Waals surface area contributed by atoms with Crippen LogP contribution in [0.5, 0.6) is 0 Å². The van der Waals surface area contributed by atoms with E-state index in [1.54, 1.807) is 0 Å². The van der Waals surface area contributed by atoms with Crippen molar-refractivity contribution in [2.75, 3.05) is 0 Å². The highest BCUT2D eigenvalue weighted by Gasteiger charge is 2.30. The summed E-state index contributed by atoms with van der Waals surface area (Å²) in [4.78, 5) is 0. The molecule has 0 amide bonds. The molecule has 0 spiro atoms. The molecule has 0 atom stereocenters. The lowest BCUT2D eigenvalue weighted by atomic mass is 10.1. The Morgan fingerprint density at radius 1 is 1.36 bits per heavy atom. The normalized spacial score (nSPS) is 12.2. The van der Waals surface area contributed by atoms with E-state index in [1.807, 2.05) is 13.8 Å². The summed E-state index contributed by atoms with van der Waals surface area (Å²) in [6, 6.07) is 0. The van der Waals surface area contributed by atoms with E-state index in [-0.39, 0.29) is 0 Å². The Kier molecular flexibility index (Phi) is 4.86. The van der Waals surface area contributed by atoms with Gasteiger partial charge in [-0.15, -0.1) is 5.73 Å². The van der Waals surface area contributed by atoms with Crippen LogP contribution in [-0.4, -0.2) is 18.8 Å². The van der Waals surface area contributed by atoms with Crippen LogP contribution in [-0.2, 0) is 0 Å². The average Bonchev–Trinajstić information content (AvgIpc) is 1.92. The van der Waals surface area contributed by atoms with Crippen LogP contribution < -0.4 is 0 Å². The topological polar surface area (TPSA) is 20.2 Å². The zero-order valence-corrected chi connectivity index (χ0v) is 11.4. The molecule has 1 N–H and O–H groups in total. The zero-order valence-electron chi connectivity index (χ0n) is 10.4. The average molecular weight is 212 g/mol. The van der Waals surface area contributed by atoms with Gasteiger partial charge in [-0.2, -0.15) is 0 Å². The Hall–Kier alpha value is -0.303. The molecule has 0 radical (unpaired) electrons. The van der Waals surface area contributed by atoms with Crippen LogP contribution >= 0.6 is 0 Å². The summed E-state index contributed by atoms with van der Waals surface area (Å²) < 4.78 is 0. The van der Waals surface area contributed by atoms with E-state index in [1.165, 1.54) is 0 Å². The van der Waals surface area contributed by atoms with Crippen LogP contribution in [0.3, 0.4) is 0 Å². The van der Waals surface area contributed by atoms with Crippen LogP contribution in [0, 0.1) is 0 Å². The first-order valence-electron chi connectivity index (χ1n) is 5.38. The molecular formula is C12H24OSi. The van der Waals surface area contributed by atoms with E-state index in [4.69, 9.17) is 0 Å². The molecule has 14 heavy (non-hydrogen) atoms. The van der Waals surface area contributed by atoms with Gasteiger partial charge in [0.25, 0.3) is 0 Å². The summed E-state index contributed by atoms with van der Waals surface area (Å²) in [5.74, 6) is 0. The maximum absolute atomic E-state index is 10.0. The van der Waals surface area contributed by atoms with Crippen molar-refractivity contribution < 1.29 is 5.11 Å². The van der Waals surface area contributed by atoms with E-state index >= 15 is 0 Å². The minimum absolute atomic E-state index is 0.714. The van der Waals surface area contributed by atoms with Gasteiger partial charge in [0.2, 0.25) is 0 Å². The molecule has 0 heterocycles. The Morgan fingerprint density at radius 3 is 2.14 bits per heavy atom. The molecule has 1 nitrogen and oxygen atoms in total. The van der Waals surface area contributed by atoms with E-state index < -0.39 is 13.7 Å². The fraction of sp³-hybridized carbons (Fsp3) is 0.750. The first-order chi connectivity index (χ1) is 6.19. The Bertz CT molecular complexity index is 218. The van der Waals surface area contributed by atoms with Gasteiger partial charge in [0.15, 0.2) is 0 Å². The fourth-order valence-electron chi connectivity index (χ4n) is 1.63. The summed E-state index contributed by atoms with van der Waals surface area (Å²) in [6.45, 7) is 12.6. The van der Waals surface area contributed by atoms with E-state index in [0.717, 1.165) is 18.0 Å². The number of hydrogen-bond acceptors (Lipinski definition) is 1. The van der Waals surface area contributed by atoms with Crippen molar-refractivity contribution in [3.63, 3.8) is 0 Å².